The summed E-state index contributed by atoms with van der Waals surface area (Å²) in [5, 5.41) is 11.6. The van der Waals surface area contributed by atoms with Crippen molar-refractivity contribution in [3.8, 4) is 0 Å². The summed E-state index contributed by atoms with van der Waals surface area (Å²) >= 11 is 0. The maximum atomic E-state index is 12.4. The number of hydrogen-bond acceptors (Lipinski definition) is 7. The minimum absolute atomic E-state index is 0.133. The Morgan fingerprint density at radius 2 is 2.00 bits per heavy atom. The second-order valence-electron chi connectivity index (χ2n) is 10.4. The molecule has 8 nitrogen and oxygen atoms in total. The number of H-pyrrole nitrogens is 1. The molecule has 2 atom stereocenters. The second-order valence-corrected chi connectivity index (χ2v) is 11.5. The number of hydrogen-bond donors (Lipinski definition) is 2. The molecule has 1 saturated heterocycles. The molecule has 0 amide bonds. The number of ether oxygens (including phenoxy) is 1. The van der Waals surface area contributed by atoms with Crippen LogP contribution in [0.4, 0.5) is 0 Å². The number of fused-ring (bicyclic) bond motifs is 3. The van der Waals surface area contributed by atoms with E-state index in [4.69, 9.17) is 4.74 Å². The summed E-state index contributed by atoms with van der Waals surface area (Å²) in [4.78, 5) is 9.85. The lowest BCUT2D eigenvalue weighted by Gasteiger charge is -2.41. The number of rotatable bonds is 7. The lowest BCUT2D eigenvalue weighted by atomic mass is 9.79. The molecule has 4 heterocycles. The molecule has 0 bridgehead atoms. The van der Waals surface area contributed by atoms with Gasteiger partial charge in [-0.1, -0.05) is 13.8 Å². The van der Waals surface area contributed by atoms with Crippen molar-refractivity contribution in [3.63, 3.8) is 0 Å². The van der Waals surface area contributed by atoms with Gasteiger partial charge in [0.2, 0.25) is 0 Å². The average Bonchev–Trinajstić information content (AvgIpc) is 3.32. The van der Waals surface area contributed by atoms with E-state index in [1.54, 1.807) is 6.20 Å². The van der Waals surface area contributed by atoms with E-state index in [0.717, 1.165) is 79.2 Å². The lowest BCUT2D eigenvalue weighted by Crippen LogP contribution is -2.49. The van der Waals surface area contributed by atoms with Gasteiger partial charge in [-0.15, -0.1) is 0 Å². The number of likely N-dealkylation sites (tertiary alicyclic amines) is 1. The first-order chi connectivity index (χ1) is 16.5. The van der Waals surface area contributed by atoms with Gasteiger partial charge in [0, 0.05) is 47.6 Å². The molecule has 0 radical (unpaired) electrons. The highest BCUT2D eigenvalue weighted by molar-refractivity contribution is 7.73. The minimum atomic E-state index is -2.53. The Hall–Kier alpha value is -2.10. The van der Waals surface area contributed by atoms with Crippen molar-refractivity contribution in [3.05, 3.63) is 30.4 Å². The Kier molecular flexibility index (Phi) is 7.13. The number of thiol groups is 1. The Balaban J connectivity index is 1.31. The zero-order valence-corrected chi connectivity index (χ0v) is 20.9. The van der Waals surface area contributed by atoms with Gasteiger partial charge < -0.3 is 9.72 Å². The molecule has 1 N–H and O–H groups in total. The Morgan fingerprint density at radius 3 is 2.76 bits per heavy atom. The maximum Gasteiger partial charge on any atom is 0.156 e. The highest BCUT2D eigenvalue weighted by atomic mass is 32.2. The molecule has 2 aliphatic rings. The van der Waals surface area contributed by atoms with E-state index in [0.29, 0.717) is 12.5 Å². The van der Waals surface area contributed by atoms with Crippen LogP contribution in [0.5, 0.6) is 0 Å². The van der Waals surface area contributed by atoms with Crippen LogP contribution in [-0.4, -0.2) is 64.7 Å². The molecule has 2 fully saturated rings. The molecule has 1 aliphatic heterocycles. The van der Waals surface area contributed by atoms with E-state index in [2.05, 4.69) is 38.9 Å². The molecule has 2 unspecified atom stereocenters. The van der Waals surface area contributed by atoms with Gasteiger partial charge in [-0.05, 0) is 63.0 Å². The molecular weight excluding hydrogens is 450 g/mol. The van der Waals surface area contributed by atoms with Crippen LogP contribution < -0.4 is 0 Å². The van der Waals surface area contributed by atoms with Crippen molar-refractivity contribution in [2.75, 3.05) is 19.7 Å². The molecule has 3 aromatic heterocycles. The molecule has 1 aliphatic carbocycles. The van der Waals surface area contributed by atoms with Crippen LogP contribution >= 0.6 is 0 Å². The number of aromatic nitrogens is 4. The van der Waals surface area contributed by atoms with Gasteiger partial charge in [0.05, 0.1) is 18.0 Å². The van der Waals surface area contributed by atoms with Crippen molar-refractivity contribution in [2.24, 2.45) is 11.8 Å². The molecule has 5 rings (SSSR count). The van der Waals surface area contributed by atoms with Crippen LogP contribution in [0.2, 0.25) is 0 Å². The third-order valence-electron chi connectivity index (χ3n) is 7.48. The number of nitrogens with zero attached hydrogens (tertiary/aromatic N) is 4. The van der Waals surface area contributed by atoms with Gasteiger partial charge in [0.15, 0.2) is 10.7 Å². The van der Waals surface area contributed by atoms with Gasteiger partial charge >= 0.3 is 0 Å². The Bertz CT molecular complexity index is 1190. The predicted molar refractivity (Wildman–Crippen MR) is 133 cm³/mol. The third kappa shape index (κ3) is 4.83. The van der Waals surface area contributed by atoms with Crippen LogP contribution in [-0.2, 0) is 15.4 Å². The SMILES string of the molecule is CC(C)COC1CCCN(C(C2CCC(c3nncc4cnc5[nH]ccc5c34)CC2)[SH](=O)=O)C1. The van der Waals surface area contributed by atoms with E-state index in [1.807, 2.05) is 18.5 Å². The zero-order chi connectivity index (χ0) is 23.7. The van der Waals surface area contributed by atoms with E-state index in [-0.39, 0.29) is 17.9 Å². The summed E-state index contributed by atoms with van der Waals surface area (Å²) in [5.74, 6) is 0.915. The van der Waals surface area contributed by atoms with Crippen molar-refractivity contribution in [2.45, 2.75) is 69.8 Å². The summed E-state index contributed by atoms with van der Waals surface area (Å²) in [6, 6.07) is 2.05. The topological polar surface area (TPSA) is 101 Å². The van der Waals surface area contributed by atoms with Crippen LogP contribution in [0.3, 0.4) is 0 Å². The molecule has 34 heavy (non-hydrogen) atoms. The number of pyridine rings is 1. The maximum absolute atomic E-state index is 12.4. The van der Waals surface area contributed by atoms with Crippen LogP contribution in [0, 0.1) is 11.8 Å². The van der Waals surface area contributed by atoms with Crippen molar-refractivity contribution < 1.29 is 13.2 Å². The van der Waals surface area contributed by atoms with E-state index < -0.39 is 16.1 Å². The quantitative estimate of drug-likeness (QED) is 0.490. The molecule has 0 aromatic carbocycles. The monoisotopic (exact) mass is 485 g/mol. The van der Waals surface area contributed by atoms with E-state index in [1.165, 1.54) is 0 Å². The molecular formula is C25H35N5O3S. The largest absolute Gasteiger partial charge is 0.377 e. The number of aromatic amines is 1. The van der Waals surface area contributed by atoms with Crippen LogP contribution in [0.1, 0.15) is 64.0 Å². The fourth-order valence-corrected chi connectivity index (χ4v) is 6.98. The second kappa shape index (κ2) is 10.3. The van der Waals surface area contributed by atoms with Gasteiger partial charge in [0.25, 0.3) is 0 Å². The molecule has 9 heteroatoms. The summed E-state index contributed by atoms with van der Waals surface area (Å²) < 4.78 is 30.9. The smallest absolute Gasteiger partial charge is 0.156 e. The third-order valence-corrected chi connectivity index (χ3v) is 8.66. The molecule has 1 saturated carbocycles. The van der Waals surface area contributed by atoms with Crippen LogP contribution in [0.15, 0.2) is 24.7 Å². The van der Waals surface area contributed by atoms with Crippen molar-refractivity contribution in [1.29, 1.82) is 0 Å². The van der Waals surface area contributed by atoms with Gasteiger partial charge in [-0.2, -0.15) is 10.2 Å². The highest BCUT2D eigenvalue weighted by Gasteiger charge is 2.37. The number of piperidine rings is 1. The zero-order valence-electron chi connectivity index (χ0n) is 20.0. The Labute approximate surface area is 202 Å². The normalized spacial score (nSPS) is 25.5. The first-order valence-electron chi connectivity index (χ1n) is 12.6. The average molecular weight is 486 g/mol. The van der Waals surface area contributed by atoms with Crippen molar-refractivity contribution >= 4 is 32.5 Å². The first kappa shape index (κ1) is 23.6. The fourth-order valence-electron chi connectivity index (χ4n) is 5.86. The molecule has 184 valence electrons. The van der Waals surface area contributed by atoms with Gasteiger partial charge in [-0.3, -0.25) is 4.90 Å². The molecule has 0 spiro atoms. The van der Waals surface area contributed by atoms with Gasteiger partial charge in [-0.25, -0.2) is 13.4 Å². The summed E-state index contributed by atoms with van der Waals surface area (Å²) in [5.41, 5.74) is 1.88. The Morgan fingerprint density at radius 1 is 1.18 bits per heavy atom. The predicted octanol–water partition coefficient (Wildman–Crippen LogP) is 3.85. The van der Waals surface area contributed by atoms with Crippen molar-refractivity contribution in [1.82, 2.24) is 25.1 Å². The van der Waals surface area contributed by atoms with E-state index in [9.17, 15) is 8.42 Å². The minimum Gasteiger partial charge on any atom is -0.377 e. The lowest BCUT2D eigenvalue weighted by molar-refractivity contribution is -0.0211. The first-order valence-corrected chi connectivity index (χ1v) is 13.8. The molecule has 3 aromatic rings. The summed E-state index contributed by atoms with van der Waals surface area (Å²) in [6.07, 6.45) is 11.3. The summed E-state index contributed by atoms with van der Waals surface area (Å²) in [6.45, 7) is 6.58. The fraction of sp³-hybridized carbons (Fsp3) is 0.640. The number of nitrogens with one attached hydrogen (secondary N) is 1. The van der Waals surface area contributed by atoms with Gasteiger partial charge in [0.1, 0.15) is 11.0 Å². The standard InChI is InChI=1S/C25H35N5O3S/c1-16(2)15-33-20-4-3-11-30(14-20)25(34(31)32)18-7-5-17(6-8-18)23-22-19(13-28-29-23)12-27-24-21(22)9-10-26-24/h9-10,12-13,16-18,20,25,34H,3-8,11,14-15H2,1-2H3,(H,26,27). The van der Waals surface area contributed by atoms with E-state index >= 15 is 0 Å². The summed E-state index contributed by atoms with van der Waals surface area (Å²) in [7, 11) is -2.53. The highest BCUT2D eigenvalue weighted by Crippen LogP contribution is 2.41. The van der Waals surface area contributed by atoms with Crippen LogP contribution in [0.25, 0.3) is 21.8 Å².